The molecule has 0 bridgehead atoms. The molecular weight excluding hydrogens is 483 g/mol. The zero-order chi connectivity index (χ0) is 24.6. The lowest BCUT2D eigenvalue weighted by atomic mass is 10.1. The van der Waals surface area contributed by atoms with Crippen LogP contribution in [0.1, 0.15) is 24.0 Å². The van der Waals surface area contributed by atoms with Gasteiger partial charge < -0.3 is 10.2 Å². The third-order valence-electron chi connectivity index (χ3n) is 5.08. The van der Waals surface area contributed by atoms with Crippen LogP contribution in [0.4, 0.5) is 30.2 Å². The van der Waals surface area contributed by atoms with Crippen LogP contribution < -0.4 is 14.5 Å². The van der Waals surface area contributed by atoms with Crippen molar-refractivity contribution in [1.82, 2.24) is 0 Å². The molecule has 12 heteroatoms. The second kappa shape index (κ2) is 9.22. The Balaban J connectivity index is 1.81. The average Bonchev–Trinajstić information content (AvgIpc) is 3.11. The SMILES string of the molecule is Cc1cc(NC(=O)CN(c2ccc(Cl)c(C(F)(F)F)c2)S(C)(=O)=O)ccc1N1CCCC1=O. The predicted molar refractivity (Wildman–Crippen MR) is 120 cm³/mol. The summed E-state index contributed by atoms with van der Waals surface area (Å²) in [7, 11) is -4.09. The van der Waals surface area contributed by atoms with E-state index < -0.39 is 39.2 Å². The molecule has 1 saturated heterocycles. The number of sulfonamides is 1. The first-order valence-electron chi connectivity index (χ1n) is 9.82. The Bertz CT molecular complexity index is 1200. The summed E-state index contributed by atoms with van der Waals surface area (Å²) >= 11 is 5.60. The number of amides is 2. The summed E-state index contributed by atoms with van der Waals surface area (Å²) in [6, 6.07) is 7.49. The zero-order valence-electron chi connectivity index (χ0n) is 17.7. The molecule has 7 nitrogen and oxygen atoms in total. The lowest BCUT2D eigenvalue weighted by Gasteiger charge is -2.23. The lowest BCUT2D eigenvalue weighted by molar-refractivity contribution is -0.137. The van der Waals surface area contributed by atoms with E-state index >= 15 is 0 Å². The number of nitrogens with one attached hydrogen (secondary N) is 1. The van der Waals surface area contributed by atoms with E-state index in [1.54, 1.807) is 30.0 Å². The van der Waals surface area contributed by atoms with Gasteiger partial charge in [-0.2, -0.15) is 13.2 Å². The van der Waals surface area contributed by atoms with Crippen molar-refractivity contribution < 1.29 is 31.2 Å². The Morgan fingerprint density at radius 2 is 1.91 bits per heavy atom. The molecule has 178 valence electrons. The highest BCUT2D eigenvalue weighted by atomic mass is 35.5. The van der Waals surface area contributed by atoms with Crippen LogP contribution >= 0.6 is 11.6 Å². The molecule has 1 aliphatic rings. The van der Waals surface area contributed by atoms with E-state index in [-0.39, 0.29) is 11.6 Å². The highest BCUT2D eigenvalue weighted by Gasteiger charge is 2.34. The van der Waals surface area contributed by atoms with E-state index in [1.165, 1.54) is 0 Å². The number of carbonyl (C=O) groups is 2. The normalized spacial score (nSPS) is 14.5. The summed E-state index contributed by atoms with van der Waals surface area (Å²) in [5, 5.41) is 1.96. The molecule has 0 unspecified atom stereocenters. The van der Waals surface area contributed by atoms with Gasteiger partial charge in [0, 0.05) is 24.3 Å². The molecule has 0 aromatic heterocycles. The Morgan fingerprint density at radius 1 is 1.21 bits per heavy atom. The molecule has 0 spiro atoms. The largest absolute Gasteiger partial charge is 0.417 e. The second-order valence-electron chi connectivity index (χ2n) is 7.63. The number of aryl methyl sites for hydroxylation is 1. The van der Waals surface area contributed by atoms with Gasteiger partial charge >= 0.3 is 6.18 Å². The van der Waals surface area contributed by atoms with Gasteiger partial charge in [-0.15, -0.1) is 0 Å². The minimum absolute atomic E-state index is 0.0138. The maximum absolute atomic E-state index is 13.2. The summed E-state index contributed by atoms with van der Waals surface area (Å²) in [5.74, 6) is -0.742. The van der Waals surface area contributed by atoms with E-state index in [9.17, 15) is 31.2 Å². The first-order valence-corrected chi connectivity index (χ1v) is 12.1. The Hall–Kier alpha value is -2.79. The molecule has 0 atom stereocenters. The van der Waals surface area contributed by atoms with E-state index in [0.29, 0.717) is 34.7 Å². The predicted octanol–water partition coefficient (Wildman–Crippen LogP) is 4.20. The van der Waals surface area contributed by atoms with Gasteiger partial charge in [-0.1, -0.05) is 11.6 Å². The molecule has 0 radical (unpaired) electrons. The highest BCUT2D eigenvalue weighted by Crippen LogP contribution is 2.37. The summed E-state index contributed by atoms with van der Waals surface area (Å²) in [6.07, 6.45) is -2.78. The van der Waals surface area contributed by atoms with Crippen molar-refractivity contribution in [2.45, 2.75) is 25.9 Å². The third kappa shape index (κ3) is 5.77. The molecule has 33 heavy (non-hydrogen) atoms. The monoisotopic (exact) mass is 503 g/mol. The maximum Gasteiger partial charge on any atom is 0.417 e. The van der Waals surface area contributed by atoms with Crippen molar-refractivity contribution in [3.63, 3.8) is 0 Å². The molecule has 1 heterocycles. The molecule has 1 fully saturated rings. The van der Waals surface area contributed by atoms with Gasteiger partial charge in [0.05, 0.1) is 22.5 Å². The quantitative estimate of drug-likeness (QED) is 0.640. The van der Waals surface area contributed by atoms with Crippen LogP contribution in [0.25, 0.3) is 0 Å². The molecule has 3 rings (SSSR count). The van der Waals surface area contributed by atoms with Gasteiger partial charge in [0.2, 0.25) is 21.8 Å². The van der Waals surface area contributed by atoms with Gasteiger partial charge in [-0.3, -0.25) is 13.9 Å². The number of hydrogen-bond donors (Lipinski definition) is 1. The van der Waals surface area contributed by atoms with Crippen molar-refractivity contribution in [1.29, 1.82) is 0 Å². The van der Waals surface area contributed by atoms with Crippen molar-refractivity contribution in [3.8, 4) is 0 Å². The Kier molecular flexibility index (Phi) is 6.94. The van der Waals surface area contributed by atoms with Gasteiger partial charge in [0.15, 0.2) is 0 Å². The fourth-order valence-corrected chi connectivity index (χ4v) is 4.63. The fraction of sp³-hybridized carbons (Fsp3) is 0.333. The molecule has 0 aliphatic carbocycles. The van der Waals surface area contributed by atoms with Gasteiger partial charge in [-0.25, -0.2) is 8.42 Å². The highest BCUT2D eigenvalue weighted by molar-refractivity contribution is 7.92. The van der Waals surface area contributed by atoms with Gasteiger partial charge in [0.1, 0.15) is 6.54 Å². The van der Waals surface area contributed by atoms with E-state index in [4.69, 9.17) is 11.6 Å². The van der Waals surface area contributed by atoms with Crippen LogP contribution in [0.2, 0.25) is 5.02 Å². The van der Waals surface area contributed by atoms with Crippen LogP contribution in [0.3, 0.4) is 0 Å². The number of anilines is 3. The van der Waals surface area contributed by atoms with E-state index in [1.807, 2.05) is 0 Å². The maximum atomic E-state index is 13.2. The number of rotatable bonds is 6. The van der Waals surface area contributed by atoms with E-state index in [2.05, 4.69) is 5.32 Å². The Morgan fingerprint density at radius 3 is 2.45 bits per heavy atom. The number of benzene rings is 2. The third-order valence-corrected chi connectivity index (χ3v) is 6.55. The van der Waals surface area contributed by atoms with Crippen LogP contribution in [-0.4, -0.2) is 39.6 Å². The standard InChI is InChI=1S/C21H21ClF3N3O4S/c1-13-10-14(5-8-18(13)27-9-3-4-20(27)30)26-19(29)12-28(33(2,31)32)15-6-7-17(22)16(11-15)21(23,24)25/h5-8,10-11H,3-4,9,12H2,1-2H3,(H,26,29). The van der Waals surface area contributed by atoms with Crippen molar-refractivity contribution in [2.24, 2.45) is 0 Å². The molecular formula is C21H21ClF3N3O4S. The zero-order valence-corrected chi connectivity index (χ0v) is 19.3. The van der Waals surface area contributed by atoms with Crippen molar-refractivity contribution in [2.75, 3.05) is 33.9 Å². The smallest absolute Gasteiger partial charge is 0.325 e. The molecule has 1 N–H and O–H groups in total. The lowest BCUT2D eigenvalue weighted by Crippen LogP contribution is -2.37. The van der Waals surface area contributed by atoms with Crippen molar-refractivity contribution in [3.05, 3.63) is 52.5 Å². The van der Waals surface area contributed by atoms with Crippen LogP contribution in [0.15, 0.2) is 36.4 Å². The first-order chi connectivity index (χ1) is 15.3. The Labute approximate surface area is 194 Å². The number of alkyl halides is 3. The van der Waals surface area contributed by atoms with Crippen LogP contribution in [0.5, 0.6) is 0 Å². The molecule has 2 amide bonds. The van der Waals surface area contributed by atoms with Crippen LogP contribution in [-0.2, 0) is 25.8 Å². The molecule has 2 aromatic rings. The summed E-state index contributed by atoms with van der Waals surface area (Å²) in [5.41, 5.74) is 0.250. The fourth-order valence-electron chi connectivity index (χ4n) is 3.56. The number of carbonyl (C=O) groups excluding carboxylic acids is 2. The van der Waals surface area contributed by atoms with E-state index in [0.717, 1.165) is 30.4 Å². The second-order valence-corrected chi connectivity index (χ2v) is 9.94. The van der Waals surface area contributed by atoms with Crippen molar-refractivity contribution >= 4 is 50.5 Å². The molecule has 0 saturated carbocycles. The summed E-state index contributed by atoms with van der Waals surface area (Å²) in [6.45, 7) is 1.63. The average molecular weight is 504 g/mol. The molecule has 1 aliphatic heterocycles. The topological polar surface area (TPSA) is 86.8 Å². The minimum atomic E-state index is -4.80. The minimum Gasteiger partial charge on any atom is -0.325 e. The number of hydrogen-bond acceptors (Lipinski definition) is 4. The number of halogens is 4. The first kappa shape index (κ1) is 24.8. The summed E-state index contributed by atoms with van der Waals surface area (Å²) < 4.78 is 64.6. The van der Waals surface area contributed by atoms with Gasteiger partial charge in [-0.05, 0) is 55.3 Å². The van der Waals surface area contributed by atoms with Crippen LogP contribution in [0, 0.1) is 6.92 Å². The summed E-state index contributed by atoms with van der Waals surface area (Å²) in [4.78, 5) is 26.2. The number of nitrogens with zero attached hydrogens (tertiary/aromatic N) is 2. The molecule has 2 aromatic carbocycles. The van der Waals surface area contributed by atoms with Gasteiger partial charge in [0.25, 0.3) is 0 Å².